The van der Waals surface area contributed by atoms with Gasteiger partial charge in [-0.15, -0.1) is 0 Å². The van der Waals surface area contributed by atoms with Crippen LogP contribution in [0.25, 0.3) is 0 Å². The van der Waals surface area contributed by atoms with Crippen LogP contribution < -0.4 is 5.32 Å². The average Bonchev–Trinajstić information content (AvgIpc) is 2.52. The lowest BCUT2D eigenvalue weighted by Crippen LogP contribution is -2.51. The summed E-state index contributed by atoms with van der Waals surface area (Å²) >= 11 is 0. The van der Waals surface area contributed by atoms with E-state index in [9.17, 15) is 0 Å². The molecule has 1 fully saturated rings. The van der Waals surface area contributed by atoms with Gasteiger partial charge in [0, 0.05) is 25.7 Å². The third-order valence-electron chi connectivity index (χ3n) is 3.95. The van der Waals surface area contributed by atoms with Crippen molar-refractivity contribution >= 4 is 0 Å². The summed E-state index contributed by atoms with van der Waals surface area (Å²) in [6.45, 7) is 9.86. The van der Waals surface area contributed by atoms with Crippen LogP contribution in [0.1, 0.15) is 33.6 Å². The summed E-state index contributed by atoms with van der Waals surface area (Å²) in [7, 11) is 3.99. The van der Waals surface area contributed by atoms with Gasteiger partial charge in [-0.3, -0.25) is 4.90 Å². The maximum atomic E-state index is 5.16. The molecule has 0 bridgehead atoms. The van der Waals surface area contributed by atoms with Gasteiger partial charge in [-0.1, -0.05) is 20.8 Å². The first kappa shape index (κ1) is 13.9. The van der Waals surface area contributed by atoms with Crippen molar-refractivity contribution in [1.82, 2.24) is 10.2 Å². The van der Waals surface area contributed by atoms with Crippen LogP contribution in [0.2, 0.25) is 0 Å². The van der Waals surface area contributed by atoms with E-state index in [1.807, 2.05) is 0 Å². The highest BCUT2D eigenvalue weighted by atomic mass is 16.5. The van der Waals surface area contributed by atoms with Crippen molar-refractivity contribution in [2.45, 2.75) is 45.7 Å². The van der Waals surface area contributed by atoms with Gasteiger partial charge >= 0.3 is 0 Å². The van der Waals surface area contributed by atoms with E-state index in [4.69, 9.17) is 4.74 Å². The largest absolute Gasteiger partial charge is 0.383 e. The Bertz CT molecular complexity index is 206. The third-order valence-corrected chi connectivity index (χ3v) is 3.95. The van der Waals surface area contributed by atoms with Crippen molar-refractivity contribution in [2.24, 2.45) is 5.41 Å². The molecule has 2 unspecified atom stereocenters. The third kappa shape index (κ3) is 3.19. The van der Waals surface area contributed by atoms with Crippen LogP contribution in [-0.2, 0) is 4.74 Å². The average molecular weight is 228 g/mol. The normalized spacial score (nSPS) is 28.9. The lowest BCUT2D eigenvalue weighted by molar-refractivity contribution is 0.119. The highest BCUT2D eigenvalue weighted by molar-refractivity contribution is 5.00. The summed E-state index contributed by atoms with van der Waals surface area (Å²) in [5, 5.41) is 3.66. The van der Waals surface area contributed by atoms with E-state index in [1.165, 1.54) is 12.8 Å². The maximum absolute atomic E-state index is 5.16. The molecule has 0 amide bonds. The molecule has 2 atom stereocenters. The Morgan fingerprint density at radius 1 is 1.44 bits per heavy atom. The van der Waals surface area contributed by atoms with Crippen molar-refractivity contribution in [3.8, 4) is 0 Å². The van der Waals surface area contributed by atoms with Crippen LogP contribution >= 0.6 is 0 Å². The van der Waals surface area contributed by atoms with E-state index < -0.39 is 0 Å². The van der Waals surface area contributed by atoms with Crippen LogP contribution in [0.5, 0.6) is 0 Å². The number of hydrogen-bond donors (Lipinski definition) is 1. The first-order valence-electron chi connectivity index (χ1n) is 6.45. The molecule has 3 heteroatoms. The molecule has 0 aromatic heterocycles. The SMILES string of the molecule is CCNC1C(N(C)CCOC)CCC1(C)C. The van der Waals surface area contributed by atoms with E-state index in [0.717, 1.165) is 19.7 Å². The fourth-order valence-corrected chi connectivity index (χ4v) is 2.87. The molecule has 0 aromatic rings. The summed E-state index contributed by atoms with van der Waals surface area (Å²) < 4.78 is 5.16. The molecule has 1 aliphatic rings. The molecular weight excluding hydrogens is 200 g/mol. The Balaban J connectivity index is 2.58. The zero-order chi connectivity index (χ0) is 12.2. The van der Waals surface area contributed by atoms with Gasteiger partial charge in [0.05, 0.1) is 6.61 Å². The lowest BCUT2D eigenvalue weighted by atomic mass is 9.86. The fraction of sp³-hybridized carbons (Fsp3) is 1.00. The van der Waals surface area contributed by atoms with Crippen molar-refractivity contribution in [1.29, 1.82) is 0 Å². The summed E-state index contributed by atoms with van der Waals surface area (Å²) in [5.74, 6) is 0. The predicted molar refractivity (Wildman–Crippen MR) is 68.8 cm³/mol. The van der Waals surface area contributed by atoms with Gasteiger partial charge in [-0.25, -0.2) is 0 Å². The van der Waals surface area contributed by atoms with Gasteiger partial charge in [0.2, 0.25) is 0 Å². The highest BCUT2D eigenvalue weighted by Gasteiger charge is 2.42. The van der Waals surface area contributed by atoms with Crippen LogP contribution in [0, 0.1) is 5.41 Å². The zero-order valence-corrected chi connectivity index (χ0v) is 11.5. The maximum Gasteiger partial charge on any atom is 0.0589 e. The van der Waals surface area contributed by atoms with Crippen molar-refractivity contribution in [3.05, 3.63) is 0 Å². The molecule has 1 saturated carbocycles. The lowest BCUT2D eigenvalue weighted by Gasteiger charge is -2.35. The van der Waals surface area contributed by atoms with Crippen molar-refractivity contribution in [3.63, 3.8) is 0 Å². The molecule has 0 radical (unpaired) electrons. The minimum absolute atomic E-state index is 0.419. The molecule has 1 rings (SSSR count). The molecule has 0 spiro atoms. The van der Waals surface area contributed by atoms with Crippen LogP contribution in [0.15, 0.2) is 0 Å². The molecule has 0 saturated heterocycles. The molecule has 0 aromatic carbocycles. The van der Waals surface area contributed by atoms with Gasteiger partial charge in [0.1, 0.15) is 0 Å². The number of nitrogens with one attached hydrogen (secondary N) is 1. The monoisotopic (exact) mass is 228 g/mol. The second kappa shape index (κ2) is 5.99. The second-order valence-electron chi connectivity index (χ2n) is 5.60. The smallest absolute Gasteiger partial charge is 0.0589 e. The second-order valence-corrected chi connectivity index (χ2v) is 5.60. The topological polar surface area (TPSA) is 24.5 Å². The van der Waals surface area contributed by atoms with Crippen LogP contribution in [0.3, 0.4) is 0 Å². The minimum atomic E-state index is 0.419. The van der Waals surface area contributed by atoms with Crippen LogP contribution in [-0.4, -0.2) is 50.8 Å². The summed E-state index contributed by atoms with van der Waals surface area (Å²) in [6.07, 6.45) is 2.61. The van der Waals surface area contributed by atoms with Gasteiger partial charge in [0.25, 0.3) is 0 Å². The van der Waals surface area contributed by atoms with Crippen molar-refractivity contribution < 1.29 is 4.74 Å². The van der Waals surface area contributed by atoms with E-state index in [0.29, 0.717) is 17.5 Å². The number of likely N-dealkylation sites (N-methyl/N-ethyl adjacent to an activating group) is 2. The fourth-order valence-electron chi connectivity index (χ4n) is 2.87. The summed E-state index contributed by atoms with van der Waals surface area (Å²) in [4.78, 5) is 2.45. The highest BCUT2D eigenvalue weighted by Crippen LogP contribution is 2.39. The molecule has 1 aliphatic carbocycles. The number of hydrogen-bond acceptors (Lipinski definition) is 3. The van der Waals surface area contributed by atoms with Gasteiger partial charge < -0.3 is 10.1 Å². The number of methoxy groups -OCH3 is 1. The summed E-state index contributed by atoms with van der Waals surface area (Å²) in [5.41, 5.74) is 0.419. The molecule has 0 aliphatic heterocycles. The van der Waals surface area contributed by atoms with Gasteiger partial charge in [-0.2, -0.15) is 0 Å². The Morgan fingerprint density at radius 2 is 2.12 bits per heavy atom. The van der Waals surface area contributed by atoms with E-state index in [1.54, 1.807) is 7.11 Å². The minimum Gasteiger partial charge on any atom is -0.383 e. The zero-order valence-electron chi connectivity index (χ0n) is 11.5. The molecule has 1 N–H and O–H groups in total. The van der Waals surface area contributed by atoms with E-state index in [-0.39, 0.29) is 0 Å². The van der Waals surface area contributed by atoms with Crippen LogP contribution in [0.4, 0.5) is 0 Å². The van der Waals surface area contributed by atoms with Gasteiger partial charge in [0.15, 0.2) is 0 Å². The Labute approximate surface area is 101 Å². The number of ether oxygens (including phenoxy) is 1. The summed E-state index contributed by atoms with van der Waals surface area (Å²) in [6, 6.07) is 1.27. The first-order valence-corrected chi connectivity index (χ1v) is 6.45. The number of rotatable bonds is 6. The Kier molecular flexibility index (Phi) is 5.22. The molecule has 0 heterocycles. The predicted octanol–water partition coefficient (Wildman–Crippen LogP) is 1.73. The quantitative estimate of drug-likeness (QED) is 0.749. The standard InChI is InChI=1S/C13H28N2O/c1-6-14-12-11(7-8-13(12,2)3)15(4)9-10-16-5/h11-12,14H,6-10H2,1-5H3. The first-order chi connectivity index (χ1) is 7.53. The molecule has 3 nitrogen and oxygen atoms in total. The molecule has 16 heavy (non-hydrogen) atoms. The van der Waals surface area contributed by atoms with E-state index in [2.05, 4.69) is 38.0 Å². The number of nitrogens with zero attached hydrogens (tertiary/aromatic N) is 1. The molecular formula is C13H28N2O. The van der Waals surface area contributed by atoms with Gasteiger partial charge in [-0.05, 0) is 31.8 Å². The van der Waals surface area contributed by atoms with Crippen molar-refractivity contribution in [2.75, 3.05) is 33.9 Å². The Morgan fingerprint density at radius 3 is 2.69 bits per heavy atom. The molecule has 96 valence electrons. The van der Waals surface area contributed by atoms with E-state index >= 15 is 0 Å². The Hall–Kier alpha value is -0.120.